The molecule has 1 aromatic rings. The minimum atomic E-state index is -0.995. The molecule has 2 rings (SSSR count). The third kappa shape index (κ3) is 7.90. The summed E-state index contributed by atoms with van der Waals surface area (Å²) in [5.41, 5.74) is 0. The average molecular weight is 316 g/mol. The Morgan fingerprint density at radius 3 is 2.57 bits per heavy atom. The number of rotatable bonds is 4. The van der Waals surface area contributed by atoms with Crippen molar-refractivity contribution in [2.75, 3.05) is 33.4 Å². The molecular formula is C15H22ClNO4. The van der Waals surface area contributed by atoms with Crippen molar-refractivity contribution in [2.24, 2.45) is 5.92 Å². The first-order valence-corrected chi connectivity index (χ1v) is 7.28. The van der Waals surface area contributed by atoms with Crippen molar-refractivity contribution in [1.82, 2.24) is 4.90 Å². The third-order valence-electron chi connectivity index (χ3n) is 3.16. The number of benzene rings is 1. The summed E-state index contributed by atoms with van der Waals surface area (Å²) >= 11 is 5.60. The van der Waals surface area contributed by atoms with Gasteiger partial charge in [-0.2, -0.15) is 0 Å². The molecule has 118 valence electrons. The van der Waals surface area contributed by atoms with Crippen molar-refractivity contribution >= 4 is 17.6 Å². The number of nitrogens with zero attached hydrogens (tertiary/aromatic N) is 1. The van der Waals surface area contributed by atoms with Crippen LogP contribution in [0.25, 0.3) is 0 Å². The van der Waals surface area contributed by atoms with Gasteiger partial charge in [-0.1, -0.05) is 11.6 Å². The van der Waals surface area contributed by atoms with Crippen LogP contribution in [0.1, 0.15) is 12.8 Å². The summed E-state index contributed by atoms with van der Waals surface area (Å²) in [5.74, 6) is 0.0514. The quantitative estimate of drug-likeness (QED) is 0.890. The highest BCUT2D eigenvalue weighted by molar-refractivity contribution is 6.30. The number of aliphatic hydroxyl groups excluding tert-OH is 1. The van der Waals surface area contributed by atoms with Crippen molar-refractivity contribution in [2.45, 2.75) is 12.8 Å². The molecule has 0 radical (unpaired) electrons. The lowest BCUT2D eigenvalue weighted by molar-refractivity contribution is -0.139. The van der Waals surface area contributed by atoms with Gasteiger partial charge in [-0.3, -0.25) is 0 Å². The van der Waals surface area contributed by atoms with E-state index < -0.39 is 5.97 Å². The first-order chi connectivity index (χ1) is 10.0. The molecule has 6 heteroatoms. The second kappa shape index (κ2) is 9.60. The van der Waals surface area contributed by atoms with E-state index in [4.69, 9.17) is 26.6 Å². The predicted octanol–water partition coefficient (Wildman–Crippen LogP) is 2.12. The summed E-state index contributed by atoms with van der Waals surface area (Å²) in [6, 6.07) is 6.51. The Morgan fingerprint density at radius 2 is 2.10 bits per heavy atom. The summed E-state index contributed by atoms with van der Waals surface area (Å²) in [6.45, 7) is 2.32. The number of ether oxygens (including phenoxy) is 1. The Balaban J connectivity index is 0.000000219. The monoisotopic (exact) mass is 315 g/mol. The summed E-state index contributed by atoms with van der Waals surface area (Å²) < 4.78 is 4.86. The standard InChI is InChI=1S/C8H7ClO3.C7H15NO/c9-6-1-3-7(4-2-6)12-5-8(10)11;1-8-4-2-3-7(5-8)6-9/h1-4H,5H2,(H,10,11);7,9H,2-6H2,1H3. The minimum absolute atomic E-state index is 0.332. The lowest BCUT2D eigenvalue weighted by Gasteiger charge is -2.27. The van der Waals surface area contributed by atoms with E-state index in [1.54, 1.807) is 24.3 Å². The van der Waals surface area contributed by atoms with Crippen molar-refractivity contribution in [3.8, 4) is 5.75 Å². The number of carbonyl (C=O) groups is 1. The fourth-order valence-electron chi connectivity index (χ4n) is 2.10. The Morgan fingerprint density at radius 1 is 1.43 bits per heavy atom. The van der Waals surface area contributed by atoms with Crippen molar-refractivity contribution < 1.29 is 19.7 Å². The van der Waals surface area contributed by atoms with Gasteiger partial charge in [-0.25, -0.2) is 4.79 Å². The molecule has 1 aliphatic heterocycles. The summed E-state index contributed by atoms with van der Waals surface area (Å²) in [7, 11) is 2.11. The number of aliphatic carboxylic acids is 1. The molecule has 1 aromatic carbocycles. The van der Waals surface area contributed by atoms with Crippen LogP contribution in [0.4, 0.5) is 0 Å². The number of aliphatic hydroxyl groups is 1. The lowest BCUT2D eigenvalue weighted by Crippen LogP contribution is -2.33. The fraction of sp³-hybridized carbons (Fsp3) is 0.533. The topological polar surface area (TPSA) is 70.0 Å². The molecule has 0 spiro atoms. The zero-order valence-corrected chi connectivity index (χ0v) is 12.9. The van der Waals surface area contributed by atoms with Crippen LogP contribution in [0, 0.1) is 5.92 Å². The van der Waals surface area contributed by atoms with Gasteiger partial charge in [0.05, 0.1) is 0 Å². The molecule has 1 atom stereocenters. The molecule has 1 heterocycles. The van der Waals surface area contributed by atoms with E-state index in [0.29, 0.717) is 23.3 Å². The van der Waals surface area contributed by atoms with Gasteiger partial charge in [0.2, 0.25) is 0 Å². The molecule has 1 fully saturated rings. The minimum Gasteiger partial charge on any atom is -0.482 e. The van der Waals surface area contributed by atoms with Gasteiger partial charge in [0.15, 0.2) is 6.61 Å². The van der Waals surface area contributed by atoms with E-state index >= 15 is 0 Å². The van der Waals surface area contributed by atoms with Gasteiger partial charge in [0, 0.05) is 18.2 Å². The Kier molecular flexibility index (Phi) is 8.12. The molecule has 0 aromatic heterocycles. The van der Waals surface area contributed by atoms with Gasteiger partial charge in [-0.15, -0.1) is 0 Å². The van der Waals surface area contributed by atoms with Gasteiger partial charge in [-0.05, 0) is 56.6 Å². The van der Waals surface area contributed by atoms with Crippen LogP contribution in [0.2, 0.25) is 5.02 Å². The predicted molar refractivity (Wildman–Crippen MR) is 81.9 cm³/mol. The summed E-state index contributed by atoms with van der Waals surface area (Å²) in [4.78, 5) is 12.4. The molecule has 21 heavy (non-hydrogen) atoms. The van der Waals surface area contributed by atoms with Crippen molar-refractivity contribution in [1.29, 1.82) is 0 Å². The highest BCUT2D eigenvalue weighted by atomic mass is 35.5. The average Bonchev–Trinajstić information content (AvgIpc) is 2.47. The van der Waals surface area contributed by atoms with Gasteiger partial charge >= 0.3 is 5.97 Å². The second-order valence-corrected chi connectivity index (χ2v) is 5.53. The maximum absolute atomic E-state index is 10.1. The van der Waals surface area contributed by atoms with Crippen LogP contribution >= 0.6 is 11.6 Å². The number of halogens is 1. The smallest absolute Gasteiger partial charge is 0.341 e. The van der Waals surface area contributed by atoms with Gasteiger partial charge in [0.1, 0.15) is 5.75 Å². The molecule has 0 bridgehead atoms. The van der Waals surface area contributed by atoms with Gasteiger partial charge < -0.3 is 19.8 Å². The molecule has 5 nitrogen and oxygen atoms in total. The highest BCUT2D eigenvalue weighted by Gasteiger charge is 2.15. The molecular weight excluding hydrogens is 294 g/mol. The van der Waals surface area contributed by atoms with Crippen LogP contribution in [0.5, 0.6) is 5.75 Å². The van der Waals surface area contributed by atoms with Crippen molar-refractivity contribution in [3.05, 3.63) is 29.3 Å². The zero-order valence-electron chi connectivity index (χ0n) is 12.2. The number of carboxylic acid groups (broad SMARTS) is 1. The number of piperidine rings is 1. The second-order valence-electron chi connectivity index (χ2n) is 5.09. The first-order valence-electron chi connectivity index (χ1n) is 6.91. The Labute approximate surface area is 130 Å². The number of carboxylic acids is 1. The van der Waals surface area contributed by atoms with E-state index in [2.05, 4.69) is 11.9 Å². The SMILES string of the molecule is CN1CCCC(CO)C1.O=C(O)COc1ccc(Cl)cc1. The molecule has 1 saturated heterocycles. The molecule has 1 unspecified atom stereocenters. The van der Waals surface area contributed by atoms with E-state index in [-0.39, 0.29) is 6.61 Å². The lowest BCUT2D eigenvalue weighted by atomic mass is 10.00. The van der Waals surface area contributed by atoms with Crippen LogP contribution in [0.15, 0.2) is 24.3 Å². The first kappa shape index (κ1) is 17.8. The van der Waals surface area contributed by atoms with E-state index in [1.165, 1.54) is 19.4 Å². The normalized spacial score (nSPS) is 18.5. The van der Waals surface area contributed by atoms with E-state index in [0.717, 1.165) is 6.54 Å². The summed E-state index contributed by atoms with van der Waals surface area (Å²) in [6.07, 6.45) is 2.46. The third-order valence-corrected chi connectivity index (χ3v) is 3.41. The highest BCUT2D eigenvalue weighted by Crippen LogP contribution is 2.15. The van der Waals surface area contributed by atoms with Crippen LogP contribution in [-0.2, 0) is 4.79 Å². The van der Waals surface area contributed by atoms with Crippen LogP contribution in [-0.4, -0.2) is 54.4 Å². The Hall–Kier alpha value is -1.30. The molecule has 0 aliphatic carbocycles. The largest absolute Gasteiger partial charge is 0.482 e. The van der Waals surface area contributed by atoms with Crippen LogP contribution in [0.3, 0.4) is 0 Å². The Bertz CT molecular complexity index is 424. The zero-order chi connectivity index (χ0) is 15.7. The maximum Gasteiger partial charge on any atom is 0.341 e. The molecule has 0 amide bonds. The molecule has 1 aliphatic rings. The van der Waals surface area contributed by atoms with Crippen LogP contribution < -0.4 is 4.74 Å². The number of hydrogen-bond donors (Lipinski definition) is 2. The molecule has 0 saturated carbocycles. The number of likely N-dealkylation sites (tertiary alicyclic amines) is 1. The number of hydrogen-bond acceptors (Lipinski definition) is 4. The van der Waals surface area contributed by atoms with E-state index in [1.807, 2.05) is 0 Å². The van der Waals surface area contributed by atoms with E-state index in [9.17, 15) is 4.79 Å². The maximum atomic E-state index is 10.1. The van der Waals surface area contributed by atoms with Crippen molar-refractivity contribution in [3.63, 3.8) is 0 Å². The molecule has 2 N–H and O–H groups in total. The van der Waals surface area contributed by atoms with Gasteiger partial charge in [0.25, 0.3) is 0 Å². The fourth-order valence-corrected chi connectivity index (χ4v) is 2.22. The summed E-state index contributed by atoms with van der Waals surface area (Å²) in [5, 5.41) is 17.7.